The van der Waals surface area contributed by atoms with E-state index in [1.54, 1.807) is 4.90 Å². The highest BCUT2D eigenvalue weighted by Crippen LogP contribution is 2.19. The van der Waals surface area contributed by atoms with Gasteiger partial charge in [0.15, 0.2) is 0 Å². The molecule has 7 heteroatoms. The molecule has 0 aliphatic carbocycles. The molecule has 162 valence electrons. The second kappa shape index (κ2) is 10.3. The van der Waals surface area contributed by atoms with Gasteiger partial charge in [-0.15, -0.1) is 0 Å². The van der Waals surface area contributed by atoms with Crippen LogP contribution in [0.1, 0.15) is 38.7 Å². The highest BCUT2D eigenvalue weighted by atomic mass is 16.2. The van der Waals surface area contributed by atoms with Gasteiger partial charge in [-0.3, -0.25) is 14.4 Å². The number of carbonyl (C=O) groups is 3. The normalized spacial score (nSPS) is 14.2. The van der Waals surface area contributed by atoms with Gasteiger partial charge in [0, 0.05) is 69.2 Å². The zero-order chi connectivity index (χ0) is 21.5. The molecule has 0 bridgehead atoms. The van der Waals surface area contributed by atoms with Gasteiger partial charge in [0.1, 0.15) is 0 Å². The van der Waals surface area contributed by atoms with E-state index in [4.69, 9.17) is 0 Å². The predicted molar refractivity (Wildman–Crippen MR) is 117 cm³/mol. The van der Waals surface area contributed by atoms with Crippen molar-refractivity contribution < 1.29 is 14.4 Å². The van der Waals surface area contributed by atoms with Crippen molar-refractivity contribution in [3.63, 3.8) is 0 Å². The van der Waals surface area contributed by atoms with Crippen LogP contribution in [0.15, 0.2) is 30.5 Å². The highest BCUT2D eigenvalue weighted by molar-refractivity contribution is 5.89. The van der Waals surface area contributed by atoms with Crippen LogP contribution in [0.4, 0.5) is 0 Å². The minimum absolute atomic E-state index is 0.0751. The summed E-state index contributed by atoms with van der Waals surface area (Å²) < 4.78 is 0. The van der Waals surface area contributed by atoms with Crippen molar-refractivity contribution >= 4 is 28.6 Å². The molecule has 3 rings (SSSR count). The largest absolute Gasteiger partial charge is 0.361 e. The molecule has 0 unspecified atom stereocenters. The Hall–Kier alpha value is -2.83. The van der Waals surface area contributed by atoms with Crippen LogP contribution in [0.3, 0.4) is 0 Å². The minimum Gasteiger partial charge on any atom is -0.361 e. The first-order valence-electron chi connectivity index (χ1n) is 10.9. The molecule has 1 aliphatic rings. The molecule has 1 aromatic carbocycles. The molecule has 2 aromatic rings. The van der Waals surface area contributed by atoms with E-state index >= 15 is 0 Å². The molecule has 7 nitrogen and oxygen atoms in total. The van der Waals surface area contributed by atoms with Crippen LogP contribution in [-0.2, 0) is 20.8 Å². The van der Waals surface area contributed by atoms with E-state index in [1.165, 1.54) is 0 Å². The van der Waals surface area contributed by atoms with Crippen molar-refractivity contribution in [1.29, 1.82) is 0 Å². The summed E-state index contributed by atoms with van der Waals surface area (Å²) in [6.45, 7) is 7.58. The Morgan fingerprint density at radius 1 is 0.933 bits per heavy atom. The first kappa shape index (κ1) is 21.9. The third kappa shape index (κ3) is 5.20. The number of piperazine rings is 1. The number of nitrogens with one attached hydrogen (secondary N) is 1. The van der Waals surface area contributed by atoms with E-state index in [0.29, 0.717) is 65.0 Å². The van der Waals surface area contributed by atoms with Crippen LogP contribution < -0.4 is 0 Å². The summed E-state index contributed by atoms with van der Waals surface area (Å²) in [5.41, 5.74) is 2.04. The quantitative estimate of drug-likeness (QED) is 0.723. The fourth-order valence-corrected chi connectivity index (χ4v) is 4.04. The monoisotopic (exact) mass is 412 g/mol. The van der Waals surface area contributed by atoms with Gasteiger partial charge in [-0.1, -0.05) is 18.2 Å². The van der Waals surface area contributed by atoms with Gasteiger partial charge in [0.25, 0.3) is 0 Å². The van der Waals surface area contributed by atoms with Crippen molar-refractivity contribution in [2.75, 3.05) is 39.3 Å². The van der Waals surface area contributed by atoms with E-state index in [0.717, 1.165) is 16.5 Å². The maximum Gasteiger partial charge on any atom is 0.227 e. The van der Waals surface area contributed by atoms with E-state index in [-0.39, 0.29) is 17.7 Å². The number of nitrogens with zero attached hydrogens (tertiary/aromatic N) is 3. The van der Waals surface area contributed by atoms with E-state index in [1.807, 2.05) is 54.1 Å². The molecule has 30 heavy (non-hydrogen) atoms. The maximum absolute atomic E-state index is 12.7. The average molecular weight is 413 g/mol. The third-order valence-corrected chi connectivity index (χ3v) is 5.90. The fourth-order valence-electron chi connectivity index (χ4n) is 4.04. The van der Waals surface area contributed by atoms with Crippen molar-refractivity contribution in [2.24, 2.45) is 0 Å². The Bertz CT molecular complexity index is 879. The number of aromatic amines is 1. The van der Waals surface area contributed by atoms with Crippen molar-refractivity contribution in [2.45, 2.75) is 39.5 Å². The van der Waals surface area contributed by atoms with E-state index in [2.05, 4.69) is 4.98 Å². The molecule has 0 atom stereocenters. The number of amides is 3. The molecule has 1 N–H and O–H groups in total. The standard InChI is InChI=1S/C23H32N4O3/c1-3-25(4-2)21(28)10-7-11-22(29)26-12-14-27(15-13-26)23(30)16-18-17-24-20-9-6-5-8-19(18)20/h5-6,8-9,17,24H,3-4,7,10-16H2,1-2H3. The average Bonchev–Trinajstić information content (AvgIpc) is 3.17. The molecule has 0 spiro atoms. The Morgan fingerprint density at radius 2 is 1.57 bits per heavy atom. The number of carbonyl (C=O) groups excluding carboxylic acids is 3. The summed E-state index contributed by atoms with van der Waals surface area (Å²) in [5.74, 6) is 0.281. The molecular weight excluding hydrogens is 380 g/mol. The van der Waals surface area contributed by atoms with Gasteiger partial charge in [0.2, 0.25) is 17.7 Å². The minimum atomic E-state index is 0.0751. The summed E-state index contributed by atoms with van der Waals surface area (Å²) in [6.07, 6.45) is 3.65. The predicted octanol–water partition coefficient (Wildman–Crippen LogP) is 2.42. The lowest BCUT2D eigenvalue weighted by molar-refractivity contribution is -0.139. The van der Waals surface area contributed by atoms with Crippen LogP contribution in [0, 0.1) is 0 Å². The number of H-pyrrole nitrogens is 1. The molecule has 0 saturated carbocycles. The maximum atomic E-state index is 12.7. The number of fused-ring (bicyclic) bond motifs is 1. The lowest BCUT2D eigenvalue weighted by Gasteiger charge is -2.35. The number of hydrogen-bond donors (Lipinski definition) is 1. The van der Waals surface area contributed by atoms with E-state index < -0.39 is 0 Å². The zero-order valence-corrected chi connectivity index (χ0v) is 18.0. The van der Waals surface area contributed by atoms with Gasteiger partial charge in [-0.25, -0.2) is 0 Å². The first-order chi connectivity index (χ1) is 14.5. The van der Waals surface area contributed by atoms with Crippen molar-refractivity contribution in [1.82, 2.24) is 19.7 Å². The Kier molecular flexibility index (Phi) is 7.49. The number of para-hydroxylation sites is 1. The molecule has 1 fully saturated rings. The molecular formula is C23H32N4O3. The van der Waals surface area contributed by atoms with Crippen molar-refractivity contribution in [3.8, 4) is 0 Å². The Morgan fingerprint density at radius 3 is 2.23 bits per heavy atom. The number of benzene rings is 1. The summed E-state index contributed by atoms with van der Waals surface area (Å²) in [5, 5.41) is 1.08. The summed E-state index contributed by atoms with van der Waals surface area (Å²) in [7, 11) is 0. The summed E-state index contributed by atoms with van der Waals surface area (Å²) in [4.78, 5) is 45.9. The number of rotatable bonds is 8. The van der Waals surface area contributed by atoms with Crippen LogP contribution in [-0.4, -0.2) is 76.7 Å². The van der Waals surface area contributed by atoms with Crippen LogP contribution in [0.2, 0.25) is 0 Å². The Balaban J connectivity index is 1.42. The second-order valence-corrected chi connectivity index (χ2v) is 7.72. The second-order valence-electron chi connectivity index (χ2n) is 7.72. The van der Waals surface area contributed by atoms with Gasteiger partial charge in [-0.2, -0.15) is 0 Å². The van der Waals surface area contributed by atoms with Crippen LogP contribution in [0.25, 0.3) is 10.9 Å². The lowest BCUT2D eigenvalue weighted by atomic mass is 10.1. The first-order valence-corrected chi connectivity index (χ1v) is 10.9. The molecule has 1 aromatic heterocycles. The SMILES string of the molecule is CCN(CC)C(=O)CCCC(=O)N1CCN(C(=O)Cc2c[nH]c3ccccc23)CC1. The summed E-state index contributed by atoms with van der Waals surface area (Å²) >= 11 is 0. The van der Waals surface area contributed by atoms with Crippen molar-refractivity contribution in [3.05, 3.63) is 36.0 Å². The zero-order valence-electron chi connectivity index (χ0n) is 18.0. The molecule has 1 aliphatic heterocycles. The molecule has 3 amide bonds. The lowest BCUT2D eigenvalue weighted by Crippen LogP contribution is -2.51. The van der Waals surface area contributed by atoms with Gasteiger partial charge < -0.3 is 19.7 Å². The molecule has 2 heterocycles. The van der Waals surface area contributed by atoms with Gasteiger partial charge in [0.05, 0.1) is 6.42 Å². The molecule has 1 saturated heterocycles. The number of aromatic nitrogens is 1. The van der Waals surface area contributed by atoms with E-state index in [9.17, 15) is 14.4 Å². The fraction of sp³-hybridized carbons (Fsp3) is 0.522. The van der Waals surface area contributed by atoms with Crippen LogP contribution in [0.5, 0.6) is 0 Å². The number of hydrogen-bond acceptors (Lipinski definition) is 3. The molecule has 0 radical (unpaired) electrons. The van der Waals surface area contributed by atoms with Crippen LogP contribution >= 0.6 is 0 Å². The highest BCUT2D eigenvalue weighted by Gasteiger charge is 2.24. The Labute approximate surface area is 178 Å². The smallest absolute Gasteiger partial charge is 0.227 e. The summed E-state index contributed by atoms with van der Waals surface area (Å²) in [6, 6.07) is 7.98. The topological polar surface area (TPSA) is 76.7 Å². The van der Waals surface area contributed by atoms with Gasteiger partial charge >= 0.3 is 0 Å². The third-order valence-electron chi connectivity index (χ3n) is 5.90. The van der Waals surface area contributed by atoms with Gasteiger partial charge in [-0.05, 0) is 31.9 Å².